The summed E-state index contributed by atoms with van der Waals surface area (Å²) in [5.74, 6) is -1.60. The van der Waals surface area contributed by atoms with Gasteiger partial charge < -0.3 is 9.88 Å². The van der Waals surface area contributed by atoms with Crippen LogP contribution in [0.25, 0.3) is 10.9 Å². The lowest BCUT2D eigenvalue weighted by molar-refractivity contribution is -0.129. The molecular formula is C21H21FN4O4. The summed E-state index contributed by atoms with van der Waals surface area (Å²) in [7, 11) is 0. The van der Waals surface area contributed by atoms with Crippen LogP contribution in [0.1, 0.15) is 36.0 Å². The molecule has 8 nitrogen and oxygen atoms in total. The van der Waals surface area contributed by atoms with Crippen LogP contribution in [0.3, 0.4) is 0 Å². The summed E-state index contributed by atoms with van der Waals surface area (Å²) >= 11 is 0. The molecule has 3 aromatic rings. The molecule has 0 unspecified atom stereocenters. The molecule has 0 saturated heterocycles. The van der Waals surface area contributed by atoms with Crippen LogP contribution in [0.5, 0.6) is 0 Å². The van der Waals surface area contributed by atoms with E-state index >= 15 is 0 Å². The van der Waals surface area contributed by atoms with E-state index in [1.54, 1.807) is 22.2 Å². The fourth-order valence-electron chi connectivity index (χ4n) is 3.15. The van der Waals surface area contributed by atoms with Gasteiger partial charge in [0.25, 0.3) is 5.91 Å². The Hall–Kier alpha value is -3.59. The Morgan fingerprint density at radius 1 is 1.10 bits per heavy atom. The first-order chi connectivity index (χ1) is 14.5. The van der Waals surface area contributed by atoms with Crippen molar-refractivity contribution in [3.63, 3.8) is 0 Å². The number of aromatic nitrogens is 2. The van der Waals surface area contributed by atoms with Gasteiger partial charge in [-0.2, -0.15) is 0 Å². The third-order valence-electron chi connectivity index (χ3n) is 4.65. The number of nitrogens with zero attached hydrogens (tertiary/aromatic N) is 2. The molecule has 0 aliphatic heterocycles. The van der Waals surface area contributed by atoms with Crippen LogP contribution < -0.4 is 16.2 Å². The normalized spacial score (nSPS) is 10.7. The molecule has 0 radical (unpaired) electrons. The second-order valence-electron chi connectivity index (χ2n) is 6.76. The molecule has 2 aromatic heterocycles. The first-order valence-corrected chi connectivity index (χ1v) is 9.46. The number of halogens is 1. The van der Waals surface area contributed by atoms with Crippen LogP contribution in [-0.4, -0.2) is 26.6 Å². The summed E-state index contributed by atoms with van der Waals surface area (Å²) in [6.07, 6.45) is 6.64. The fourth-order valence-corrected chi connectivity index (χ4v) is 3.15. The van der Waals surface area contributed by atoms with Crippen LogP contribution in [0.4, 0.5) is 10.1 Å². The highest BCUT2D eigenvalue weighted by molar-refractivity contribution is 6.05. The molecule has 0 saturated carbocycles. The van der Waals surface area contributed by atoms with Gasteiger partial charge in [-0.1, -0.05) is 6.42 Å². The Morgan fingerprint density at radius 3 is 2.60 bits per heavy atom. The van der Waals surface area contributed by atoms with Gasteiger partial charge in [0.05, 0.1) is 5.52 Å². The second-order valence-corrected chi connectivity index (χ2v) is 6.76. The SMILES string of the molecule is O=C(CCCCCn1cc(C(=O)Nc2ccncc2)c(=O)c2cc(F)ccc21)NO. The van der Waals surface area contributed by atoms with Crippen molar-refractivity contribution >= 4 is 28.4 Å². The predicted molar refractivity (Wildman–Crippen MR) is 109 cm³/mol. The number of fused-ring (bicyclic) bond motifs is 1. The van der Waals surface area contributed by atoms with Crippen LogP contribution in [0, 0.1) is 5.82 Å². The molecule has 9 heteroatoms. The molecule has 0 fully saturated rings. The van der Waals surface area contributed by atoms with Crippen LogP contribution in [0.2, 0.25) is 0 Å². The van der Waals surface area contributed by atoms with E-state index in [4.69, 9.17) is 5.21 Å². The average molecular weight is 412 g/mol. The number of unbranched alkanes of at least 4 members (excludes halogenated alkanes) is 2. The van der Waals surface area contributed by atoms with Gasteiger partial charge in [-0.3, -0.25) is 24.6 Å². The molecular weight excluding hydrogens is 391 g/mol. The highest BCUT2D eigenvalue weighted by Gasteiger charge is 2.16. The summed E-state index contributed by atoms with van der Waals surface area (Å²) in [6, 6.07) is 7.10. The van der Waals surface area contributed by atoms with E-state index in [1.165, 1.54) is 30.7 Å². The molecule has 2 heterocycles. The molecule has 0 aliphatic rings. The summed E-state index contributed by atoms with van der Waals surface area (Å²) in [4.78, 5) is 40.5. The Morgan fingerprint density at radius 2 is 1.87 bits per heavy atom. The summed E-state index contributed by atoms with van der Waals surface area (Å²) in [5.41, 5.74) is 1.96. The zero-order valence-corrected chi connectivity index (χ0v) is 16.1. The maximum Gasteiger partial charge on any atom is 0.261 e. The number of anilines is 1. The highest BCUT2D eigenvalue weighted by Crippen LogP contribution is 2.16. The maximum absolute atomic E-state index is 13.8. The zero-order chi connectivity index (χ0) is 21.5. The van der Waals surface area contributed by atoms with Gasteiger partial charge in [0.2, 0.25) is 11.3 Å². The molecule has 30 heavy (non-hydrogen) atoms. The molecule has 0 atom stereocenters. The number of hydrogen-bond acceptors (Lipinski definition) is 5. The fraction of sp³-hybridized carbons (Fsp3) is 0.238. The van der Waals surface area contributed by atoms with Gasteiger partial charge in [0.1, 0.15) is 11.4 Å². The van der Waals surface area contributed by atoms with Crippen molar-refractivity contribution in [1.82, 2.24) is 15.0 Å². The third-order valence-corrected chi connectivity index (χ3v) is 4.65. The molecule has 156 valence electrons. The minimum Gasteiger partial charge on any atom is -0.346 e. The Bertz CT molecular complexity index is 1120. The topological polar surface area (TPSA) is 113 Å². The number of carbonyl (C=O) groups is 2. The van der Waals surface area contributed by atoms with E-state index < -0.39 is 23.1 Å². The summed E-state index contributed by atoms with van der Waals surface area (Å²) < 4.78 is 15.5. The van der Waals surface area contributed by atoms with Crippen molar-refractivity contribution < 1.29 is 19.2 Å². The van der Waals surface area contributed by atoms with E-state index in [0.29, 0.717) is 37.0 Å². The molecule has 0 bridgehead atoms. The standard InChI is InChI=1S/C21H21FN4O4/c22-14-5-6-18-16(12-14)20(28)17(21(29)24-15-7-9-23-10-8-15)13-26(18)11-3-1-2-4-19(27)25-30/h5-10,12-13,30H,1-4,11H2,(H,25,27)(H,23,24,29). The molecule has 0 aliphatic carbocycles. The van der Waals surface area contributed by atoms with Crippen molar-refractivity contribution in [2.24, 2.45) is 0 Å². The Balaban J connectivity index is 1.86. The number of hydroxylamine groups is 1. The minimum absolute atomic E-state index is 0.0930. The number of rotatable bonds is 8. The predicted octanol–water partition coefficient (Wildman–Crippen LogP) is 2.85. The van der Waals surface area contributed by atoms with Crippen molar-refractivity contribution in [2.75, 3.05) is 5.32 Å². The van der Waals surface area contributed by atoms with Crippen LogP contribution in [0.15, 0.2) is 53.7 Å². The third kappa shape index (κ3) is 5.06. The van der Waals surface area contributed by atoms with Gasteiger partial charge >= 0.3 is 0 Å². The molecule has 0 spiro atoms. The number of aryl methyl sites for hydroxylation is 1. The average Bonchev–Trinajstić information content (AvgIpc) is 2.75. The van der Waals surface area contributed by atoms with Crippen molar-refractivity contribution in [1.29, 1.82) is 0 Å². The summed E-state index contributed by atoms with van der Waals surface area (Å²) in [5, 5.41) is 11.3. The largest absolute Gasteiger partial charge is 0.346 e. The summed E-state index contributed by atoms with van der Waals surface area (Å²) in [6.45, 7) is 0.471. The van der Waals surface area contributed by atoms with Gasteiger partial charge in [0.15, 0.2) is 0 Å². The lowest BCUT2D eigenvalue weighted by atomic mass is 10.1. The Kier molecular flexibility index (Phi) is 6.87. The van der Waals surface area contributed by atoms with Gasteiger partial charge in [0, 0.05) is 42.6 Å². The quantitative estimate of drug-likeness (QED) is 0.299. The number of amides is 2. The molecule has 1 aromatic carbocycles. The monoisotopic (exact) mass is 412 g/mol. The van der Waals surface area contributed by atoms with E-state index in [-0.39, 0.29) is 17.4 Å². The van der Waals surface area contributed by atoms with Gasteiger partial charge in [-0.15, -0.1) is 0 Å². The number of benzene rings is 1. The lowest BCUT2D eigenvalue weighted by Crippen LogP contribution is -2.24. The van der Waals surface area contributed by atoms with Crippen molar-refractivity contribution in [2.45, 2.75) is 32.2 Å². The first-order valence-electron chi connectivity index (χ1n) is 9.46. The number of pyridine rings is 2. The highest BCUT2D eigenvalue weighted by atomic mass is 19.1. The maximum atomic E-state index is 13.8. The minimum atomic E-state index is -0.592. The molecule has 2 amide bonds. The van der Waals surface area contributed by atoms with Gasteiger partial charge in [-0.05, 0) is 43.2 Å². The van der Waals surface area contributed by atoms with E-state index in [1.807, 2.05) is 0 Å². The van der Waals surface area contributed by atoms with Crippen LogP contribution in [-0.2, 0) is 11.3 Å². The Labute approximate surface area is 171 Å². The van der Waals surface area contributed by atoms with Crippen molar-refractivity contribution in [3.05, 3.63) is 70.5 Å². The van der Waals surface area contributed by atoms with Crippen molar-refractivity contribution in [3.8, 4) is 0 Å². The second kappa shape index (κ2) is 9.75. The molecule has 3 N–H and O–H groups in total. The smallest absolute Gasteiger partial charge is 0.261 e. The molecule has 3 rings (SSSR count). The number of nitrogens with one attached hydrogen (secondary N) is 2. The zero-order valence-electron chi connectivity index (χ0n) is 16.1. The van der Waals surface area contributed by atoms with Crippen LogP contribution >= 0.6 is 0 Å². The van der Waals surface area contributed by atoms with E-state index in [9.17, 15) is 18.8 Å². The van der Waals surface area contributed by atoms with E-state index in [2.05, 4.69) is 10.3 Å². The lowest BCUT2D eigenvalue weighted by Gasteiger charge is -2.14. The van der Waals surface area contributed by atoms with E-state index in [0.717, 1.165) is 6.07 Å². The van der Waals surface area contributed by atoms with Gasteiger partial charge in [-0.25, -0.2) is 9.87 Å². The number of hydrogen-bond donors (Lipinski definition) is 3. The number of carbonyl (C=O) groups excluding carboxylic acids is 2. The first kappa shape index (κ1) is 21.1.